The summed E-state index contributed by atoms with van der Waals surface area (Å²) in [6.07, 6.45) is -0.216. The minimum Gasteiger partial charge on any atom is -0.497 e. The molecular weight excluding hydrogens is 260 g/mol. The molecule has 0 bridgehead atoms. The van der Waals surface area contributed by atoms with Crippen LogP contribution in [-0.2, 0) is 9.47 Å². The summed E-state index contributed by atoms with van der Waals surface area (Å²) in [5.74, 6) is 0.511. The molecule has 2 rings (SSSR count). The van der Waals surface area contributed by atoms with Gasteiger partial charge in [0.15, 0.2) is 0 Å². The van der Waals surface area contributed by atoms with Crippen LogP contribution in [0.3, 0.4) is 0 Å². The maximum absolute atomic E-state index is 12.5. The van der Waals surface area contributed by atoms with Crippen molar-refractivity contribution in [2.75, 3.05) is 40.2 Å². The fourth-order valence-electron chi connectivity index (χ4n) is 2.40. The summed E-state index contributed by atoms with van der Waals surface area (Å²) in [7, 11) is 4.79. The molecule has 110 valence electrons. The predicted molar refractivity (Wildman–Crippen MR) is 74.9 cm³/mol. The predicted octanol–water partition coefficient (Wildman–Crippen LogP) is 0.763. The van der Waals surface area contributed by atoms with Crippen LogP contribution >= 0.6 is 0 Å². The number of nitrogens with two attached hydrogens (primary N) is 1. The van der Waals surface area contributed by atoms with E-state index in [1.54, 1.807) is 44.4 Å². The van der Waals surface area contributed by atoms with E-state index in [2.05, 4.69) is 0 Å². The van der Waals surface area contributed by atoms with Gasteiger partial charge in [-0.05, 0) is 12.1 Å². The fourth-order valence-corrected chi connectivity index (χ4v) is 2.40. The lowest BCUT2D eigenvalue weighted by atomic mass is 10.1. The van der Waals surface area contributed by atoms with Crippen LogP contribution in [0.25, 0.3) is 0 Å². The Bertz CT molecular complexity index is 480. The maximum atomic E-state index is 12.5. The van der Waals surface area contributed by atoms with Gasteiger partial charge in [0.25, 0.3) is 5.91 Å². The van der Waals surface area contributed by atoms with Crippen molar-refractivity contribution in [3.63, 3.8) is 0 Å². The largest absolute Gasteiger partial charge is 0.497 e. The monoisotopic (exact) mass is 280 g/mol. The normalized spacial score (nSPS) is 22.1. The quantitative estimate of drug-likeness (QED) is 0.824. The summed E-state index contributed by atoms with van der Waals surface area (Å²) in [4.78, 5) is 14.2. The van der Waals surface area contributed by atoms with Crippen molar-refractivity contribution in [2.24, 2.45) is 0 Å². The molecule has 1 aliphatic rings. The lowest BCUT2D eigenvalue weighted by molar-refractivity contribution is -0.00461. The molecule has 20 heavy (non-hydrogen) atoms. The number of carbonyl (C=O) groups is 1. The molecule has 0 spiro atoms. The van der Waals surface area contributed by atoms with Crippen LogP contribution in [0.15, 0.2) is 18.2 Å². The van der Waals surface area contributed by atoms with Crippen molar-refractivity contribution in [1.29, 1.82) is 0 Å². The lowest BCUT2D eigenvalue weighted by Crippen LogP contribution is -2.30. The number of nitrogen functional groups attached to an aromatic ring is 1. The van der Waals surface area contributed by atoms with E-state index in [4.69, 9.17) is 19.9 Å². The van der Waals surface area contributed by atoms with Crippen molar-refractivity contribution in [3.05, 3.63) is 23.8 Å². The number of amides is 1. The maximum Gasteiger partial charge on any atom is 0.256 e. The van der Waals surface area contributed by atoms with Gasteiger partial charge in [0.2, 0.25) is 0 Å². The van der Waals surface area contributed by atoms with Crippen LogP contribution < -0.4 is 10.5 Å². The molecule has 0 saturated carbocycles. The highest BCUT2D eigenvalue weighted by Crippen LogP contribution is 2.24. The number of methoxy groups -OCH3 is 3. The Labute approximate surface area is 118 Å². The van der Waals surface area contributed by atoms with Crippen LogP contribution in [0.5, 0.6) is 5.75 Å². The molecular formula is C14H20N2O4. The average Bonchev–Trinajstić information content (AvgIpc) is 2.89. The Morgan fingerprint density at radius 3 is 2.25 bits per heavy atom. The zero-order valence-electron chi connectivity index (χ0n) is 12.0. The SMILES string of the molecule is COc1ccc(C(=O)N2CC(OC)C(OC)C2)c(N)c1. The average molecular weight is 280 g/mol. The zero-order valence-corrected chi connectivity index (χ0v) is 12.0. The number of likely N-dealkylation sites (tertiary alicyclic amines) is 1. The molecule has 6 nitrogen and oxygen atoms in total. The number of anilines is 1. The molecule has 0 aliphatic carbocycles. The number of nitrogens with zero attached hydrogens (tertiary/aromatic N) is 1. The molecule has 1 fully saturated rings. The van der Waals surface area contributed by atoms with Crippen molar-refractivity contribution in [2.45, 2.75) is 12.2 Å². The Hall–Kier alpha value is -1.79. The van der Waals surface area contributed by atoms with Crippen LogP contribution in [0.4, 0.5) is 5.69 Å². The summed E-state index contributed by atoms with van der Waals surface area (Å²) in [6.45, 7) is 0.999. The molecule has 2 atom stereocenters. The topological polar surface area (TPSA) is 74.0 Å². The van der Waals surface area contributed by atoms with Gasteiger partial charge >= 0.3 is 0 Å². The van der Waals surface area contributed by atoms with E-state index in [0.717, 1.165) is 0 Å². The second kappa shape index (κ2) is 6.11. The van der Waals surface area contributed by atoms with Gasteiger partial charge < -0.3 is 24.8 Å². The van der Waals surface area contributed by atoms with Gasteiger partial charge in [-0.25, -0.2) is 0 Å². The number of rotatable bonds is 4. The second-order valence-electron chi connectivity index (χ2n) is 4.71. The summed E-state index contributed by atoms with van der Waals surface area (Å²) in [6, 6.07) is 5.05. The molecule has 1 aromatic rings. The first kappa shape index (κ1) is 14.6. The second-order valence-corrected chi connectivity index (χ2v) is 4.71. The Kier molecular flexibility index (Phi) is 4.46. The van der Waals surface area contributed by atoms with Crippen LogP contribution in [0, 0.1) is 0 Å². The minimum absolute atomic E-state index is 0.108. The highest BCUT2D eigenvalue weighted by Gasteiger charge is 2.36. The minimum atomic E-state index is -0.119. The Balaban J connectivity index is 2.16. The first-order valence-corrected chi connectivity index (χ1v) is 6.39. The summed E-state index contributed by atoms with van der Waals surface area (Å²) >= 11 is 0. The first-order valence-electron chi connectivity index (χ1n) is 6.39. The Morgan fingerprint density at radius 1 is 1.20 bits per heavy atom. The molecule has 0 radical (unpaired) electrons. The number of hydrogen-bond donors (Lipinski definition) is 1. The molecule has 1 heterocycles. The van der Waals surface area contributed by atoms with E-state index in [9.17, 15) is 4.79 Å². The summed E-state index contributed by atoms with van der Waals surface area (Å²) in [5.41, 5.74) is 6.79. The van der Waals surface area contributed by atoms with Crippen LogP contribution in [-0.4, -0.2) is 57.4 Å². The van der Waals surface area contributed by atoms with Crippen molar-refractivity contribution in [1.82, 2.24) is 4.90 Å². The molecule has 1 aliphatic heterocycles. The van der Waals surface area contributed by atoms with E-state index in [0.29, 0.717) is 30.1 Å². The molecule has 1 saturated heterocycles. The third-order valence-corrected chi connectivity index (χ3v) is 3.60. The van der Waals surface area contributed by atoms with E-state index in [1.807, 2.05) is 0 Å². The fraction of sp³-hybridized carbons (Fsp3) is 0.500. The van der Waals surface area contributed by atoms with Gasteiger partial charge in [-0.2, -0.15) is 0 Å². The van der Waals surface area contributed by atoms with Crippen LogP contribution in [0.2, 0.25) is 0 Å². The first-order chi connectivity index (χ1) is 9.60. The number of carbonyl (C=O) groups excluding carboxylic acids is 1. The van der Waals surface area contributed by atoms with Gasteiger partial charge in [-0.1, -0.05) is 0 Å². The van der Waals surface area contributed by atoms with Crippen molar-refractivity contribution >= 4 is 11.6 Å². The smallest absolute Gasteiger partial charge is 0.256 e. The van der Waals surface area contributed by atoms with E-state index in [-0.39, 0.29) is 18.1 Å². The standard InChI is InChI=1S/C14H20N2O4/c1-18-9-4-5-10(11(15)6-9)14(17)16-7-12(19-2)13(8-16)20-3/h4-6,12-13H,7-8,15H2,1-3H3. The highest BCUT2D eigenvalue weighted by molar-refractivity contribution is 5.99. The Morgan fingerprint density at radius 2 is 1.80 bits per heavy atom. The summed E-state index contributed by atoms with van der Waals surface area (Å²) in [5, 5.41) is 0. The van der Waals surface area contributed by atoms with Gasteiger partial charge in [0, 0.05) is 39.1 Å². The zero-order chi connectivity index (χ0) is 14.7. The van der Waals surface area contributed by atoms with E-state index >= 15 is 0 Å². The van der Waals surface area contributed by atoms with E-state index < -0.39 is 0 Å². The third kappa shape index (κ3) is 2.71. The molecule has 2 N–H and O–H groups in total. The molecule has 0 aromatic heterocycles. The van der Waals surface area contributed by atoms with Crippen molar-refractivity contribution < 1.29 is 19.0 Å². The van der Waals surface area contributed by atoms with Gasteiger partial charge in [0.1, 0.15) is 18.0 Å². The van der Waals surface area contributed by atoms with E-state index in [1.165, 1.54) is 0 Å². The number of benzene rings is 1. The molecule has 6 heteroatoms. The lowest BCUT2D eigenvalue weighted by Gasteiger charge is -2.17. The molecule has 2 unspecified atom stereocenters. The number of hydrogen-bond acceptors (Lipinski definition) is 5. The summed E-state index contributed by atoms with van der Waals surface area (Å²) < 4.78 is 15.7. The molecule has 1 amide bonds. The number of ether oxygens (including phenoxy) is 3. The molecule has 1 aromatic carbocycles. The van der Waals surface area contributed by atoms with Gasteiger partial charge in [-0.15, -0.1) is 0 Å². The highest BCUT2D eigenvalue weighted by atomic mass is 16.5. The van der Waals surface area contributed by atoms with Gasteiger partial charge in [0.05, 0.1) is 12.7 Å². The van der Waals surface area contributed by atoms with Crippen molar-refractivity contribution in [3.8, 4) is 5.75 Å². The van der Waals surface area contributed by atoms with Gasteiger partial charge in [-0.3, -0.25) is 4.79 Å². The third-order valence-electron chi connectivity index (χ3n) is 3.60. The van der Waals surface area contributed by atoms with Crippen LogP contribution in [0.1, 0.15) is 10.4 Å².